The van der Waals surface area contributed by atoms with Gasteiger partial charge in [0, 0.05) is 104 Å². The number of amides is 4. The topological polar surface area (TPSA) is 211 Å². The Labute approximate surface area is 443 Å². The Balaban J connectivity index is 0.000000182. The smallest absolute Gasteiger partial charge is 0.323 e. The van der Waals surface area contributed by atoms with Crippen LogP contribution in [0.1, 0.15) is 11.1 Å². The number of nitrogens with zero attached hydrogens (tertiary/aromatic N) is 8. The number of urea groups is 2. The Morgan fingerprint density at radius 1 is 0.514 bits per heavy atom. The molecule has 10 aromatic rings. The van der Waals surface area contributed by atoms with Gasteiger partial charge >= 0.3 is 12.1 Å². The second-order valence-electron chi connectivity index (χ2n) is 15.9. The Morgan fingerprint density at radius 2 is 0.986 bits per heavy atom. The van der Waals surface area contributed by atoms with E-state index in [1.54, 1.807) is 61.4 Å². The van der Waals surface area contributed by atoms with Crippen molar-refractivity contribution in [1.82, 2.24) is 38.7 Å². The van der Waals surface area contributed by atoms with E-state index in [0.717, 1.165) is 22.3 Å². The van der Waals surface area contributed by atoms with E-state index in [1.807, 2.05) is 94.3 Å². The number of fused-ring (bicyclic) bond motifs is 2. The van der Waals surface area contributed by atoms with E-state index in [2.05, 4.69) is 51.8 Å². The van der Waals surface area contributed by atoms with E-state index in [0.29, 0.717) is 91.7 Å². The number of anilines is 6. The number of imidazole rings is 2. The lowest BCUT2D eigenvalue weighted by atomic mass is 10.1. The lowest BCUT2D eigenvalue weighted by Gasteiger charge is -2.14. The summed E-state index contributed by atoms with van der Waals surface area (Å²) in [6, 6.07) is 27.7. The first-order chi connectivity index (χ1) is 36.0. The van der Waals surface area contributed by atoms with Crippen molar-refractivity contribution in [3.05, 3.63) is 190 Å². The minimum Gasteiger partial charge on any atom is -0.495 e. The van der Waals surface area contributed by atoms with Gasteiger partial charge in [0.05, 0.1) is 57.1 Å². The molecule has 4 amide bonds. The van der Waals surface area contributed by atoms with Gasteiger partial charge in [-0.05, 0) is 77.9 Å². The molecule has 0 aliphatic heterocycles. The number of ether oxygens (including phenoxy) is 2. The molecule has 10 rings (SSSR count). The van der Waals surface area contributed by atoms with Crippen LogP contribution in [0.5, 0.6) is 11.5 Å². The molecule has 6 N–H and O–H groups in total. The summed E-state index contributed by atoms with van der Waals surface area (Å²) >= 11 is 24.4. The maximum atomic E-state index is 12.8. The predicted octanol–water partition coefficient (Wildman–Crippen LogP) is 12.7. The molecule has 0 atom stereocenters. The number of hydrogen-bond acceptors (Lipinski definition) is 12. The number of rotatable bonds is 14. The lowest BCUT2D eigenvalue weighted by molar-refractivity contribution is 0.261. The molecule has 22 heteroatoms. The summed E-state index contributed by atoms with van der Waals surface area (Å²) in [6.07, 6.45) is 17.9. The highest BCUT2D eigenvalue weighted by Gasteiger charge is 2.16. The van der Waals surface area contributed by atoms with Crippen molar-refractivity contribution in [2.75, 3.05) is 46.1 Å². The molecule has 0 spiro atoms. The van der Waals surface area contributed by atoms with Crippen LogP contribution in [0.2, 0.25) is 20.1 Å². The maximum Gasteiger partial charge on any atom is 0.323 e. The largest absolute Gasteiger partial charge is 0.495 e. The van der Waals surface area contributed by atoms with Crippen molar-refractivity contribution in [3.8, 4) is 34.0 Å². The number of benzene rings is 4. The molecule has 0 aliphatic carbocycles. The van der Waals surface area contributed by atoms with Crippen molar-refractivity contribution in [2.24, 2.45) is 0 Å². The second kappa shape index (κ2) is 23.2. The van der Waals surface area contributed by atoms with Crippen molar-refractivity contribution >= 4 is 104 Å². The number of halogens is 4. The van der Waals surface area contributed by atoms with Gasteiger partial charge in [-0.1, -0.05) is 70.7 Å². The van der Waals surface area contributed by atoms with E-state index >= 15 is 0 Å². The quantitative estimate of drug-likeness (QED) is 0.0562. The van der Waals surface area contributed by atoms with Crippen LogP contribution in [-0.4, -0.2) is 65.0 Å². The molecule has 18 nitrogen and oxygen atoms in total. The van der Waals surface area contributed by atoms with E-state index in [1.165, 1.54) is 26.4 Å². The molecule has 0 fully saturated rings. The van der Waals surface area contributed by atoms with Gasteiger partial charge in [0.25, 0.3) is 0 Å². The van der Waals surface area contributed by atoms with Crippen molar-refractivity contribution in [3.63, 3.8) is 0 Å². The Morgan fingerprint density at radius 3 is 1.49 bits per heavy atom. The average molecular weight is 1070 g/mol. The SMILES string of the molecule is COc1cc(OC)c(NC(=O)Nc2cccc(-c3cn4ccnc4c(NCc4ccncc4)n3)c2)cc1Cl.O=C(Nc1cccc(-c2cn3ccnc3c(NCc3ccncc3)n2)c1)Nc1cc(Cl)c(Cl)cc1Cl. The van der Waals surface area contributed by atoms with Crippen LogP contribution >= 0.6 is 46.4 Å². The standard InChI is InChI=1S/C27H24ClN7O3.C25H18Cl3N7O/c1-37-23-14-24(38-2)21(13-20(23)28)34-27(36)32-19-5-3-4-18(12-19)22-16-35-11-10-30-26(35)25(33-22)31-15-17-6-8-29-9-7-17;26-18-11-20(28)21(12-19(18)27)34-25(36)32-17-3-1-2-16(10-17)22-14-35-9-8-30-24(35)23(33-22)31-13-15-4-6-29-7-5-15/h3-14,16H,15H2,1-2H3,(H,31,33)(H2,32,34,36);1-12,14H,13H2,(H,31,33)(H2,32,34,36). The molecule has 0 saturated carbocycles. The molecule has 4 aromatic carbocycles. The van der Waals surface area contributed by atoms with Gasteiger partial charge in [0.1, 0.15) is 11.5 Å². The van der Waals surface area contributed by atoms with Gasteiger partial charge in [0.15, 0.2) is 22.9 Å². The molecule has 0 bridgehead atoms. The molecule has 0 unspecified atom stereocenters. The number of aromatic nitrogens is 8. The lowest BCUT2D eigenvalue weighted by Crippen LogP contribution is -2.19. The van der Waals surface area contributed by atoms with Gasteiger partial charge in [0.2, 0.25) is 0 Å². The predicted molar refractivity (Wildman–Crippen MR) is 291 cm³/mol. The summed E-state index contributed by atoms with van der Waals surface area (Å²) < 4.78 is 14.4. The van der Waals surface area contributed by atoms with Crippen molar-refractivity contribution in [1.29, 1.82) is 0 Å². The first kappa shape index (κ1) is 50.3. The molecule has 6 aromatic heterocycles. The molecule has 372 valence electrons. The zero-order chi connectivity index (χ0) is 51.6. The van der Waals surface area contributed by atoms with Crippen molar-refractivity contribution < 1.29 is 19.1 Å². The van der Waals surface area contributed by atoms with Crippen LogP contribution in [0.4, 0.5) is 44.0 Å². The van der Waals surface area contributed by atoms with Gasteiger partial charge < -0.3 is 50.2 Å². The van der Waals surface area contributed by atoms with Crippen LogP contribution < -0.4 is 41.4 Å². The first-order valence-corrected chi connectivity index (χ1v) is 23.9. The van der Waals surface area contributed by atoms with Gasteiger partial charge in [-0.2, -0.15) is 0 Å². The van der Waals surface area contributed by atoms with Crippen LogP contribution in [0, 0.1) is 0 Å². The summed E-state index contributed by atoms with van der Waals surface area (Å²) in [5.74, 6) is 2.14. The van der Waals surface area contributed by atoms with E-state index in [9.17, 15) is 9.59 Å². The second-order valence-corrected chi connectivity index (χ2v) is 17.6. The number of nitrogens with one attached hydrogen (secondary N) is 6. The minimum absolute atomic E-state index is 0.276. The van der Waals surface area contributed by atoms with Gasteiger partial charge in [-0.25, -0.2) is 29.5 Å². The van der Waals surface area contributed by atoms with E-state index in [-0.39, 0.29) is 10.0 Å². The first-order valence-electron chi connectivity index (χ1n) is 22.4. The van der Waals surface area contributed by atoms with Crippen LogP contribution in [0.3, 0.4) is 0 Å². The fourth-order valence-electron chi connectivity index (χ4n) is 7.41. The van der Waals surface area contributed by atoms with Crippen LogP contribution in [0.15, 0.2) is 159 Å². The third kappa shape index (κ3) is 12.3. The number of methoxy groups -OCH3 is 2. The fraction of sp³-hybridized carbons (Fsp3) is 0.0769. The highest BCUT2D eigenvalue weighted by molar-refractivity contribution is 6.44. The number of pyridine rings is 2. The zero-order valence-electron chi connectivity index (χ0n) is 39.1. The molecule has 0 saturated heterocycles. The summed E-state index contributed by atoms with van der Waals surface area (Å²) in [7, 11) is 3.01. The van der Waals surface area contributed by atoms with Gasteiger partial charge in [-0.3, -0.25) is 9.97 Å². The van der Waals surface area contributed by atoms with Crippen LogP contribution in [0.25, 0.3) is 33.8 Å². The third-order valence-corrected chi connectivity index (χ3v) is 12.3. The summed E-state index contributed by atoms with van der Waals surface area (Å²) in [6.45, 7) is 1.14. The Kier molecular flexibility index (Phi) is 15.8. The maximum absolute atomic E-state index is 12.8. The monoisotopic (exact) mass is 1070 g/mol. The number of carbonyl (C=O) groups is 2. The highest BCUT2D eigenvalue weighted by atomic mass is 35.5. The number of carbonyl (C=O) groups excluding carboxylic acids is 2. The fourth-order valence-corrected chi connectivity index (χ4v) is 8.24. The van der Waals surface area contributed by atoms with Crippen LogP contribution in [-0.2, 0) is 13.1 Å². The highest BCUT2D eigenvalue weighted by Crippen LogP contribution is 2.37. The Hall–Kier alpha value is -8.68. The normalized spacial score (nSPS) is 10.8. The average Bonchev–Trinajstić information content (AvgIpc) is 4.11. The molecular formula is C52H42Cl4N14O4. The molecule has 74 heavy (non-hydrogen) atoms. The zero-order valence-corrected chi connectivity index (χ0v) is 42.2. The summed E-state index contributed by atoms with van der Waals surface area (Å²) in [4.78, 5) is 51.9. The van der Waals surface area contributed by atoms with E-state index < -0.39 is 12.1 Å². The third-order valence-electron chi connectivity index (χ3n) is 11.0. The minimum atomic E-state index is -0.481. The van der Waals surface area contributed by atoms with Gasteiger partial charge in [-0.15, -0.1) is 0 Å². The molecule has 0 radical (unpaired) electrons. The summed E-state index contributed by atoms with van der Waals surface area (Å²) in [5.41, 5.74) is 8.50. The summed E-state index contributed by atoms with van der Waals surface area (Å²) in [5, 5.41) is 19.0. The van der Waals surface area contributed by atoms with Crippen molar-refractivity contribution in [2.45, 2.75) is 13.1 Å². The van der Waals surface area contributed by atoms with E-state index in [4.69, 9.17) is 65.8 Å². The molecular weight excluding hydrogens is 1030 g/mol. The Bertz CT molecular complexity index is 3620. The molecule has 6 heterocycles. The number of hydrogen-bond donors (Lipinski definition) is 6. The molecule has 0 aliphatic rings.